The third kappa shape index (κ3) is 9.52. The summed E-state index contributed by atoms with van der Waals surface area (Å²) in [7, 11) is 0.179. The van der Waals surface area contributed by atoms with Crippen LogP contribution in [0.5, 0.6) is 0 Å². The van der Waals surface area contributed by atoms with Gasteiger partial charge in [0.2, 0.25) is 0 Å². The summed E-state index contributed by atoms with van der Waals surface area (Å²) in [5.74, 6) is 1.06. The monoisotopic (exact) mass is 731 g/mol. The van der Waals surface area contributed by atoms with Gasteiger partial charge in [-0.1, -0.05) is 108 Å². The zero-order valence-electron chi connectivity index (χ0n) is 26.0. The van der Waals surface area contributed by atoms with Crippen LogP contribution in [0.4, 0.5) is 11.4 Å². The second kappa shape index (κ2) is 15.5. The quantitative estimate of drug-likeness (QED) is 0.107. The second-order valence-electron chi connectivity index (χ2n) is 13.0. The van der Waals surface area contributed by atoms with Crippen molar-refractivity contribution in [1.82, 2.24) is 0 Å². The first-order chi connectivity index (χ1) is 18.6. The topological polar surface area (TPSA) is 15.6 Å². The maximum absolute atomic E-state index is 5.58. The van der Waals surface area contributed by atoms with Gasteiger partial charge in [0.05, 0.1) is 22.7 Å². The van der Waals surface area contributed by atoms with Gasteiger partial charge in [-0.05, 0) is 68.7 Å². The van der Waals surface area contributed by atoms with Gasteiger partial charge in [-0.25, -0.2) is 9.66 Å². The first-order valence-corrected chi connectivity index (χ1v) is 20.5. The van der Waals surface area contributed by atoms with E-state index in [1.54, 1.807) is 0 Å². The Morgan fingerprint density at radius 1 is 0.725 bits per heavy atom. The molecule has 0 atom stereocenters. The van der Waals surface area contributed by atoms with E-state index in [-0.39, 0.29) is 10.8 Å². The second-order valence-corrected chi connectivity index (χ2v) is 21.5. The summed E-state index contributed by atoms with van der Waals surface area (Å²) >= 11 is 6.00. The van der Waals surface area contributed by atoms with Crippen LogP contribution in [0.25, 0.3) is 0 Å². The summed E-state index contributed by atoms with van der Waals surface area (Å²) < 4.78 is 2.66. The first-order valence-electron chi connectivity index (χ1n) is 14.0. The molecule has 0 N–H and O–H groups in total. The molecule has 3 aromatic carbocycles. The third-order valence-electron chi connectivity index (χ3n) is 6.85. The fraction of sp³-hybridized carbons (Fsp3) is 0.441. The van der Waals surface area contributed by atoms with Gasteiger partial charge in [0.15, 0.2) is 5.84 Å². The van der Waals surface area contributed by atoms with Crippen molar-refractivity contribution in [2.24, 2.45) is 4.99 Å². The molecule has 0 saturated heterocycles. The Bertz CT molecular complexity index is 1230. The average Bonchev–Trinajstić information content (AvgIpc) is 2.86. The molecule has 0 saturated carbocycles. The molecule has 0 bridgehead atoms. The van der Waals surface area contributed by atoms with E-state index in [4.69, 9.17) is 4.99 Å². The van der Waals surface area contributed by atoms with Crippen LogP contribution in [0.15, 0.2) is 77.8 Å². The number of aliphatic imine (C=N–C) groups is 1. The van der Waals surface area contributed by atoms with Gasteiger partial charge in [-0.15, -0.1) is 0 Å². The molecule has 0 aliphatic heterocycles. The predicted octanol–water partition coefficient (Wildman–Crippen LogP) is 11.8. The molecule has 0 heterocycles. The maximum atomic E-state index is 5.58. The van der Waals surface area contributed by atoms with Crippen molar-refractivity contribution in [2.75, 3.05) is 4.67 Å². The van der Waals surface area contributed by atoms with Gasteiger partial charge in [-0.2, -0.15) is 0 Å². The molecule has 3 rings (SSSR count). The molecule has 3 aromatic rings. The van der Waals surface area contributed by atoms with Crippen LogP contribution < -0.4 is 4.67 Å². The molecule has 0 aromatic heterocycles. The number of anilines is 1. The average molecular weight is 734 g/mol. The Morgan fingerprint density at radius 2 is 1.18 bits per heavy atom. The van der Waals surface area contributed by atoms with Crippen molar-refractivity contribution in [1.29, 1.82) is 0 Å². The van der Waals surface area contributed by atoms with Crippen LogP contribution in [-0.2, 0) is 21.7 Å². The van der Waals surface area contributed by atoms with Crippen molar-refractivity contribution >= 4 is 53.7 Å². The van der Waals surface area contributed by atoms with Gasteiger partial charge < -0.3 is 0 Å². The van der Waals surface area contributed by atoms with Crippen LogP contribution in [0.1, 0.15) is 91.5 Å². The van der Waals surface area contributed by atoms with E-state index in [0.29, 0.717) is 11.3 Å². The summed E-state index contributed by atoms with van der Waals surface area (Å²) in [4.78, 5) is 5.58. The summed E-state index contributed by atoms with van der Waals surface area (Å²) in [6.07, 6.45) is 0. The van der Waals surface area contributed by atoms with Gasteiger partial charge >= 0.3 is 39.3 Å². The van der Waals surface area contributed by atoms with E-state index in [1.165, 1.54) is 38.8 Å². The zero-order chi connectivity index (χ0) is 30.3. The number of hydrogen-bond acceptors (Lipinski definition) is 1. The molecule has 0 aliphatic carbocycles. The number of amidine groups is 1. The number of para-hydroxylation sites is 2. The van der Waals surface area contributed by atoms with E-state index in [9.17, 15) is 0 Å². The van der Waals surface area contributed by atoms with Crippen molar-refractivity contribution in [3.8, 4) is 0 Å². The van der Waals surface area contributed by atoms with Gasteiger partial charge in [0.25, 0.3) is 0 Å². The van der Waals surface area contributed by atoms with Crippen LogP contribution in [-0.4, -0.2) is 17.2 Å². The molecule has 0 unspecified atom stereocenters. The summed E-state index contributed by atoms with van der Waals surface area (Å²) in [6, 6.07) is 26.6. The van der Waals surface area contributed by atoms with E-state index < -0.39 is 8.07 Å². The third-order valence-corrected chi connectivity index (χ3v) is 10.2. The normalized spacial score (nSPS) is 12.7. The van der Waals surface area contributed by atoms with Crippen LogP contribution >= 0.6 is 36.5 Å². The number of halogens is 2. The fourth-order valence-electron chi connectivity index (χ4n) is 5.13. The Labute approximate surface area is 266 Å². The van der Waals surface area contributed by atoms with E-state index in [0.717, 1.165) is 11.5 Å². The molecule has 2 nitrogen and oxygen atoms in total. The van der Waals surface area contributed by atoms with E-state index >= 15 is 0 Å². The van der Waals surface area contributed by atoms with Crippen molar-refractivity contribution in [2.45, 2.75) is 98.3 Å². The van der Waals surface area contributed by atoms with E-state index in [1.807, 2.05) is 0 Å². The molecule has 0 radical (unpaired) electrons. The molecular formula is C34H48Br2N2NiP+. The Balaban J connectivity index is 0.00000178. The van der Waals surface area contributed by atoms with Crippen LogP contribution in [0.3, 0.4) is 0 Å². The Hall–Kier alpha value is -0.986. The summed E-state index contributed by atoms with van der Waals surface area (Å²) in [6.45, 7) is 25.5. The Kier molecular flexibility index (Phi) is 13.6. The molecule has 0 aliphatic rings. The van der Waals surface area contributed by atoms with Crippen molar-refractivity contribution < 1.29 is 10.9 Å². The standard InChI is InChI=1S/C34H47N2P.2BrH.Ni/c1-24(2)37(25(3)4)36(31-19-15-13-17-29(31)34(9,10)11)32(27-22-20-26(5)21-23-27)35-30-18-14-12-16-28(30)33(6,7)8;;;/h12-25H,1-11H3;2*1H;/q;;;+2/p-1. The SMILES string of the molecule is Cc1ccc(C(=Nc2ccccc2C(C)(C)C)N(c2ccccc2C(C)(C)C)[PH+](C(C)C)C(C)C)cc1.[Br][Ni][Br]. The van der Waals surface area contributed by atoms with E-state index in [2.05, 4.69) is 182 Å². The molecule has 0 amide bonds. The van der Waals surface area contributed by atoms with Crippen molar-refractivity contribution in [3.05, 3.63) is 95.1 Å². The molecule has 0 spiro atoms. The zero-order valence-corrected chi connectivity index (χ0v) is 31.2. The van der Waals surface area contributed by atoms with Gasteiger partial charge in [-0.3, -0.25) is 0 Å². The number of rotatable bonds is 6. The summed E-state index contributed by atoms with van der Waals surface area (Å²) in [5, 5.41) is 0. The molecule has 0 fully saturated rings. The Morgan fingerprint density at radius 3 is 1.65 bits per heavy atom. The fourth-order valence-corrected chi connectivity index (χ4v) is 8.39. The number of hydrogen-bond donors (Lipinski definition) is 0. The predicted molar refractivity (Wildman–Crippen MR) is 187 cm³/mol. The first kappa shape index (κ1) is 35.2. The molecule has 6 heteroatoms. The molecule has 40 heavy (non-hydrogen) atoms. The van der Waals surface area contributed by atoms with Crippen LogP contribution in [0, 0.1) is 6.92 Å². The van der Waals surface area contributed by atoms with Gasteiger partial charge in [0, 0.05) is 5.56 Å². The summed E-state index contributed by atoms with van der Waals surface area (Å²) in [5.41, 5.74) is 8.48. The minimum absolute atomic E-state index is 0.00347. The van der Waals surface area contributed by atoms with Gasteiger partial charge in [0.1, 0.15) is 8.07 Å². The molecule has 222 valence electrons. The number of nitrogens with zero attached hydrogens (tertiary/aromatic N) is 2. The number of benzene rings is 3. The minimum atomic E-state index is -1.07. The van der Waals surface area contributed by atoms with Crippen LogP contribution in [0.2, 0.25) is 0 Å². The molecular weight excluding hydrogens is 686 g/mol. The van der Waals surface area contributed by atoms with Crippen molar-refractivity contribution in [3.63, 3.8) is 0 Å². The number of aryl methyl sites for hydroxylation is 1.